The lowest BCUT2D eigenvalue weighted by molar-refractivity contribution is -0.133. The summed E-state index contributed by atoms with van der Waals surface area (Å²) in [5.74, 6) is -0.111. The number of amides is 1. The van der Waals surface area contributed by atoms with Gasteiger partial charge in [-0.05, 0) is 36.6 Å². The molecule has 1 aromatic carbocycles. The third-order valence-electron chi connectivity index (χ3n) is 3.33. The normalized spacial score (nSPS) is 15.4. The van der Waals surface area contributed by atoms with Crippen molar-refractivity contribution in [1.82, 2.24) is 4.90 Å². The molecule has 0 aliphatic carbocycles. The summed E-state index contributed by atoms with van der Waals surface area (Å²) in [5, 5.41) is 8.60. The fourth-order valence-electron chi connectivity index (χ4n) is 2.25. The summed E-state index contributed by atoms with van der Waals surface area (Å²) < 4.78 is 5.63. The highest BCUT2D eigenvalue weighted by atomic mass is 16.5. The molecule has 1 aliphatic rings. The van der Waals surface area contributed by atoms with Gasteiger partial charge in [0.2, 0.25) is 5.91 Å². The van der Waals surface area contributed by atoms with Crippen molar-refractivity contribution in [3.8, 4) is 5.75 Å². The Labute approximate surface area is 123 Å². The van der Waals surface area contributed by atoms with Crippen LogP contribution < -0.4 is 4.74 Å². The van der Waals surface area contributed by atoms with E-state index in [1.807, 2.05) is 17.0 Å². The standard InChI is InChI=1S/C16H19NO4/c18-15-6-1-2-9-17(15)10-11-21-14-5-3-4-13(12-14)7-8-16(19)20/h3-5,7-8,12H,1-2,6,9-11H2,(H,19,20). The minimum absolute atomic E-state index is 0.197. The van der Waals surface area contributed by atoms with E-state index in [2.05, 4.69) is 0 Å². The minimum atomic E-state index is -0.982. The number of hydrogen-bond acceptors (Lipinski definition) is 3. The van der Waals surface area contributed by atoms with Gasteiger partial charge < -0.3 is 14.7 Å². The number of carbonyl (C=O) groups excluding carboxylic acids is 1. The maximum Gasteiger partial charge on any atom is 0.328 e. The zero-order valence-electron chi connectivity index (χ0n) is 11.8. The van der Waals surface area contributed by atoms with Crippen molar-refractivity contribution >= 4 is 18.0 Å². The van der Waals surface area contributed by atoms with Crippen LogP contribution in [0.5, 0.6) is 5.75 Å². The molecular weight excluding hydrogens is 270 g/mol. The van der Waals surface area contributed by atoms with Crippen LogP contribution in [0.25, 0.3) is 6.08 Å². The zero-order chi connectivity index (χ0) is 15.1. The van der Waals surface area contributed by atoms with Crippen LogP contribution in [0.1, 0.15) is 24.8 Å². The van der Waals surface area contributed by atoms with Gasteiger partial charge in [0.05, 0.1) is 6.54 Å². The first-order valence-corrected chi connectivity index (χ1v) is 7.07. The molecule has 0 bridgehead atoms. The van der Waals surface area contributed by atoms with Gasteiger partial charge in [0.25, 0.3) is 0 Å². The number of ether oxygens (including phenoxy) is 1. The lowest BCUT2D eigenvalue weighted by Gasteiger charge is -2.26. The van der Waals surface area contributed by atoms with E-state index in [9.17, 15) is 9.59 Å². The smallest absolute Gasteiger partial charge is 0.328 e. The van der Waals surface area contributed by atoms with Crippen LogP contribution in [-0.2, 0) is 9.59 Å². The third kappa shape index (κ3) is 4.95. The van der Waals surface area contributed by atoms with E-state index in [4.69, 9.17) is 9.84 Å². The molecule has 1 aromatic rings. The molecule has 5 heteroatoms. The van der Waals surface area contributed by atoms with Crippen LogP contribution >= 0.6 is 0 Å². The molecule has 1 N–H and O–H groups in total. The molecule has 0 saturated carbocycles. The van der Waals surface area contributed by atoms with Crippen molar-refractivity contribution in [2.75, 3.05) is 19.7 Å². The van der Waals surface area contributed by atoms with Crippen molar-refractivity contribution in [3.63, 3.8) is 0 Å². The first-order valence-electron chi connectivity index (χ1n) is 7.07. The number of nitrogens with zero attached hydrogens (tertiary/aromatic N) is 1. The van der Waals surface area contributed by atoms with Crippen LogP contribution in [0, 0.1) is 0 Å². The Morgan fingerprint density at radius 3 is 3.00 bits per heavy atom. The monoisotopic (exact) mass is 289 g/mol. The van der Waals surface area contributed by atoms with Crippen molar-refractivity contribution in [2.45, 2.75) is 19.3 Å². The highest BCUT2D eigenvalue weighted by molar-refractivity contribution is 5.85. The molecule has 0 aromatic heterocycles. The molecule has 0 radical (unpaired) electrons. The van der Waals surface area contributed by atoms with Gasteiger partial charge in [-0.25, -0.2) is 4.79 Å². The SMILES string of the molecule is O=C(O)C=Cc1cccc(OCCN2CCCCC2=O)c1. The molecule has 0 atom stereocenters. The second-order valence-electron chi connectivity index (χ2n) is 4.93. The molecule has 1 amide bonds. The molecular formula is C16H19NO4. The number of carboxylic acids is 1. The predicted octanol–water partition coefficient (Wildman–Crippen LogP) is 2.18. The van der Waals surface area contributed by atoms with Crippen molar-refractivity contribution in [2.24, 2.45) is 0 Å². The largest absolute Gasteiger partial charge is 0.492 e. The highest BCUT2D eigenvalue weighted by Gasteiger charge is 2.17. The van der Waals surface area contributed by atoms with Crippen LogP contribution in [0.2, 0.25) is 0 Å². The fourth-order valence-corrected chi connectivity index (χ4v) is 2.25. The first-order chi connectivity index (χ1) is 10.1. The first kappa shape index (κ1) is 15.1. The van der Waals surface area contributed by atoms with Crippen molar-refractivity contribution < 1.29 is 19.4 Å². The molecule has 21 heavy (non-hydrogen) atoms. The Bertz CT molecular complexity index is 539. The summed E-state index contributed by atoms with van der Waals surface area (Å²) in [6.45, 7) is 1.84. The summed E-state index contributed by atoms with van der Waals surface area (Å²) in [4.78, 5) is 24.0. The van der Waals surface area contributed by atoms with Gasteiger partial charge in [-0.2, -0.15) is 0 Å². The molecule has 1 aliphatic heterocycles. The molecule has 1 saturated heterocycles. The van der Waals surface area contributed by atoms with E-state index in [1.165, 1.54) is 6.08 Å². The van der Waals surface area contributed by atoms with Crippen LogP contribution in [0.4, 0.5) is 0 Å². The molecule has 0 spiro atoms. The predicted molar refractivity (Wildman–Crippen MR) is 79.0 cm³/mol. The summed E-state index contributed by atoms with van der Waals surface area (Å²) >= 11 is 0. The van der Waals surface area contributed by atoms with Crippen molar-refractivity contribution in [1.29, 1.82) is 0 Å². The molecule has 1 heterocycles. The molecule has 5 nitrogen and oxygen atoms in total. The minimum Gasteiger partial charge on any atom is -0.492 e. The van der Waals surface area contributed by atoms with Crippen LogP contribution in [0.15, 0.2) is 30.3 Å². The summed E-state index contributed by atoms with van der Waals surface area (Å²) in [6, 6.07) is 7.21. The second-order valence-corrected chi connectivity index (χ2v) is 4.93. The van der Waals surface area contributed by atoms with E-state index in [0.29, 0.717) is 25.3 Å². The number of benzene rings is 1. The van der Waals surface area contributed by atoms with E-state index in [1.54, 1.807) is 12.1 Å². The lowest BCUT2D eigenvalue weighted by atomic mass is 10.1. The number of carbonyl (C=O) groups is 2. The number of hydrogen-bond donors (Lipinski definition) is 1. The van der Waals surface area contributed by atoms with E-state index >= 15 is 0 Å². The summed E-state index contributed by atoms with van der Waals surface area (Å²) in [6.07, 6.45) is 5.28. The average molecular weight is 289 g/mol. The van der Waals surface area contributed by atoms with Gasteiger partial charge in [-0.3, -0.25) is 4.79 Å². The van der Waals surface area contributed by atoms with Gasteiger partial charge in [0.15, 0.2) is 0 Å². The quantitative estimate of drug-likeness (QED) is 0.815. The Morgan fingerprint density at radius 2 is 2.24 bits per heavy atom. The topological polar surface area (TPSA) is 66.8 Å². The summed E-state index contributed by atoms with van der Waals surface area (Å²) in [7, 11) is 0. The van der Waals surface area contributed by atoms with Gasteiger partial charge in [-0.15, -0.1) is 0 Å². The Balaban J connectivity index is 1.84. The Morgan fingerprint density at radius 1 is 1.38 bits per heavy atom. The zero-order valence-corrected chi connectivity index (χ0v) is 11.8. The number of rotatable bonds is 6. The second kappa shape index (κ2) is 7.47. The molecule has 1 fully saturated rings. The third-order valence-corrected chi connectivity index (χ3v) is 3.33. The van der Waals surface area contributed by atoms with E-state index in [-0.39, 0.29) is 5.91 Å². The fraction of sp³-hybridized carbons (Fsp3) is 0.375. The number of aliphatic carboxylic acids is 1. The Kier molecular flexibility index (Phi) is 5.37. The highest BCUT2D eigenvalue weighted by Crippen LogP contribution is 2.15. The number of piperidine rings is 1. The maximum atomic E-state index is 11.6. The van der Waals surface area contributed by atoms with Gasteiger partial charge in [0.1, 0.15) is 12.4 Å². The average Bonchev–Trinajstić information content (AvgIpc) is 2.48. The van der Waals surface area contributed by atoms with Crippen LogP contribution in [-0.4, -0.2) is 41.6 Å². The number of carboxylic acid groups (broad SMARTS) is 1. The number of likely N-dealkylation sites (tertiary alicyclic amines) is 1. The molecule has 2 rings (SSSR count). The lowest BCUT2D eigenvalue weighted by Crippen LogP contribution is -2.38. The van der Waals surface area contributed by atoms with Crippen molar-refractivity contribution in [3.05, 3.63) is 35.9 Å². The van der Waals surface area contributed by atoms with E-state index in [0.717, 1.165) is 31.0 Å². The Hall–Kier alpha value is -2.30. The maximum absolute atomic E-state index is 11.6. The van der Waals surface area contributed by atoms with Gasteiger partial charge in [0, 0.05) is 19.0 Å². The van der Waals surface area contributed by atoms with Gasteiger partial charge in [-0.1, -0.05) is 12.1 Å². The van der Waals surface area contributed by atoms with Gasteiger partial charge >= 0.3 is 5.97 Å². The summed E-state index contributed by atoms with van der Waals surface area (Å²) in [5.41, 5.74) is 0.768. The van der Waals surface area contributed by atoms with E-state index < -0.39 is 5.97 Å². The molecule has 112 valence electrons. The molecule has 0 unspecified atom stereocenters. The van der Waals surface area contributed by atoms with Crippen LogP contribution in [0.3, 0.4) is 0 Å².